The lowest BCUT2D eigenvalue weighted by molar-refractivity contribution is -0.138. The van der Waals surface area contributed by atoms with Crippen LogP contribution >= 0.6 is 23.2 Å². The van der Waals surface area contributed by atoms with Crippen LogP contribution in [0.5, 0.6) is 23.0 Å². The van der Waals surface area contributed by atoms with E-state index >= 15 is 9.59 Å². The summed E-state index contributed by atoms with van der Waals surface area (Å²) in [6.07, 6.45) is 1.65. The number of phenols is 1. The van der Waals surface area contributed by atoms with Crippen LogP contribution in [0.1, 0.15) is 40.8 Å². The van der Waals surface area contributed by atoms with Crippen molar-refractivity contribution < 1.29 is 28.9 Å². The number of amides is 2. The van der Waals surface area contributed by atoms with E-state index in [9.17, 15) is 19.5 Å². The molecule has 4 unspecified atom stereocenters. The number of phenolic OH excluding ortho intramolecular Hbond substituents is 1. The van der Waals surface area contributed by atoms with Crippen molar-refractivity contribution in [2.75, 3.05) is 26.8 Å². The minimum absolute atomic E-state index is 0.0645. The van der Waals surface area contributed by atoms with Crippen LogP contribution < -0.4 is 36.6 Å². The molecule has 6 aromatic rings. The molecule has 3 aliphatic rings. The highest BCUT2D eigenvalue weighted by atomic mass is 35.5. The van der Waals surface area contributed by atoms with Gasteiger partial charge in [0.2, 0.25) is 0 Å². The molecule has 2 N–H and O–H groups in total. The number of anilines is 1. The van der Waals surface area contributed by atoms with E-state index in [1.165, 1.54) is 41.3 Å². The van der Waals surface area contributed by atoms with Gasteiger partial charge in [-0.15, -0.1) is 0 Å². The maximum Gasteiger partial charge on any atom is 0.347 e. The number of ether oxygens (including phenoxy) is 3. The zero-order valence-corrected chi connectivity index (χ0v) is 36.2. The third-order valence-electron chi connectivity index (χ3n) is 12.7. The van der Waals surface area contributed by atoms with Gasteiger partial charge in [-0.2, -0.15) is 5.01 Å². The van der Waals surface area contributed by atoms with Crippen LogP contribution in [0.3, 0.4) is 0 Å². The number of fused-ring (bicyclic) bond motifs is 5. The molecule has 0 bridgehead atoms. The Morgan fingerprint density at radius 2 is 1.63 bits per heavy atom. The topological polar surface area (TPSA) is 181 Å². The standard InChI is InChI=1S/C45H41Cl2N7O9/c1-23-7-6-8-28(39(23)55)38-27-15-18-52-43(59)51(17-16-32-41(57)50(2)35-22-37(63-5)36(62-4)21-33(35)48-32)44(60)54(52)34(27)20-29-40(56)53(49-31-14-11-25(46)19-30(31)47)42(58)45(29,38)24-9-12-26(61-3)13-10-24/h6-15,19,21-22,29,34,38,49,55H,16-18,20H2,1-5H3. The fourth-order valence-electron chi connectivity index (χ4n) is 9.69. The number of nitrogens with zero attached hydrogens (tertiary/aromatic N) is 6. The molecule has 63 heavy (non-hydrogen) atoms. The number of rotatable bonds is 10. The van der Waals surface area contributed by atoms with Gasteiger partial charge < -0.3 is 23.9 Å². The number of hydrogen-bond acceptors (Lipinski definition) is 11. The Morgan fingerprint density at radius 3 is 2.33 bits per heavy atom. The van der Waals surface area contributed by atoms with E-state index in [2.05, 4.69) is 10.4 Å². The van der Waals surface area contributed by atoms with Gasteiger partial charge in [-0.25, -0.2) is 28.5 Å². The van der Waals surface area contributed by atoms with Crippen molar-refractivity contribution in [3.8, 4) is 23.0 Å². The summed E-state index contributed by atoms with van der Waals surface area (Å²) < 4.78 is 21.5. The Balaban J connectivity index is 1.18. The largest absolute Gasteiger partial charge is 0.507 e. The lowest BCUT2D eigenvalue weighted by Crippen LogP contribution is -2.53. The number of para-hydroxylation sites is 1. The molecule has 1 saturated heterocycles. The number of halogens is 2. The summed E-state index contributed by atoms with van der Waals surface area (Å²) in [5.41, 5.74) is 2.77. The molecule has 2 fully saturated rings. The summed E-state index contributed by atoms with van der Waals surface area (Å²) in [5.74, 6) is -2.15. The molecule has 9 rings (SSSR count). The first-order chi connectivity index (χ1) is 30.2. The lowest BCUT2D eigenvalue weighted by Gasteiger charge is -2.49. The fourth-order valence-corrected chi connectivity index (χ4v) is 10.1. The molecule has 0 spiro atoms. The van der Waals surface area contributed by atoms with Crippen molar-refractivity contribution >= 4 is 51.7 Å². The molecule has 16 nitrogen and oxygen atoms in total. The van der Waals surface area contributed by atoms with Crippen molar-refractivity contribution in [1.82, 2.24) is 28.5 Å². The molecule has 1 aliphatic carbocycles. The van der Waals surface area contributed by atoms with E-state index in [-0.39, 0.29) is 48.1 Å². The van der Waals surface area contributed by atoms with Gasteiger partial charge in [0, 0.05) is 48.6 Å². The first-order valence-electron chi connectivity index (χ1n) is 20.0. The van der Waals surface area contributed by atoms with Crippen LogP contribution in [0, 0.1) is 12.8 Å². The molecule has 324 valence electrons. The number of carbonyl (C=O) groups excluding carboxylic acids is 2. The van der Waals surface area contributed by atoms with Crippen LogP contribution in [-0.4, -0.2) is 66.7 Å². The molecule has 2 aliphatic heterocycles. The Kier molecular flexibility index (Phi) is 10.3. The molecule has 18 heteroatoms. The second-order valence-electron chi connectivity index (χ2n) is 15.8. The third-order valence-corrected chi connectivity index (χ3v) is 13.3. The predicted octanol–water partition coefficient (Wildman–Crippen LogP) is 5.27. The summed E-state index contributed by atoms with van der Waals surface area (Å²) in [4.78, 5) is 77.7. The highest BCUT2D eigenvalue weighted by Crippen LogP contribution is 2.63. The number of carbonyl (C=O) groups is 2. The minimum Gasteiger partial charge on any atom is -0.507 e. The maximum atomic E-state index is 15.5. The molecule has 2 amide bonds. The minimum atomic E-state index is -1.69. The predicted molar refractivity (Wildman–Crippen MR) is 234 cm³/mol. The van der Waals surface area contributed by atoms with E-state index in [1.807, 2.05) is 0 Å². The van der Waals surface area contributed by atoms with Gasteiger partial charge in [0.15, 0.2) is 11.5 Å². The van der Waals surface area contributed by atoms with Gasteiger partial charge in [0.05, 0.1) is 67.0 Å². The Hall–Kier alpha value is -6.78. The number of nitrogens with one attached hydrogen (secondary N) is 1. The van der Waals surface area contributed by atoms with E-state index in [0.717, 1.165) is 9.58 Å². The van der Waals surface area contributed by atoms with Gasteiger partial charge in [-0.1, -0.05) is 59.6 Å². The monoisotopic (exact) mass is 893 g/mol. The Morgan fingerprint density at radius 1 is 0.905 bits per heavy atom. The molecule has 4 heterocycles. The fraction of sp³-hybridized carbons (Fsp3) is 0.289. The van der Waals surface area contributed by atoms with E-state index in [0.29, 0.717) is 55.6 Å². The second-order valence-corrected chi connectivity index (χ2v) is 16.6. The highest BCUT2D eigenvalue weighted by molar-refractivity contribution is 6.36. The van der Waals surface area contributed by atoms with Gasteiger partial charge in [-0.3, -0.25) is 19.8 Å². The summed E-state index contributed by atoms with van der Waals surface area (Å²) >= 11 is 12.8. The Labute approximate surface area is 369 Å². The van der Waals surface area contributed by atoms with Crippen LogP contribution in [0.15, 0.2) is 98.8 Å². The van der Waals surface area contributed by atoms with Crippen molar-refractivity contribution in [2.45, 2.75) is 50.2 Å². The average Bonchev–Trinajstić information content (AvgIpc) is 3.65. The van der Waals surface area contributed by atoms with Gasteiger partial charge >= 0.3 is 11.4 Å². The van der Waals surface area contributed by atoms with Crippen LogP contribution in [0.4, 0.5) is 5.69 Å². The number of imide groups is 1. The average molecular weight is 895 g/mol. The first-order valence-corrected chi connectivity index (χ1v) is 20.8. The number of hydrazine groups is 1. The Bertz CT molecular complexity index is 3120. The number of aromatic nitrogens is 5. The zero-order chi connectivity index (χ0) is 44.6. The summed E-state index contributed by atoms with van der Waals surface area (Å²) in [6, 6.07) is 19.0. The quantitative estimate of drug-likeness (QED) is 0.135. The van der Waals surface area contributed by atoms with Crippen LogP contribution in [0.2, 0.25) is 10.0 Å². The maximum absolute atomic E-state index is 15.5. The van der Waals surface area contributed by atoms with E-state index < -0.39 is 52.0 Å². The molecule has 1 saturated carbocycles. The summed E-state index contributed by atoms with van der Waals surface area (Å²) in [6.45, 7) is 1.48. The zero-order valence-electron chi connectivity index (χ0n) is 34.7. The van der Waals surface area contributed by atoms with Crippen molar-refractivity contribution in [3.05, 3.63) is 148 Å². The van der Waals surface area contributed by atoms with Gasteiger partial charge in [0.1, 0.15) is 17.2 Å². The molecule has 4 aromatic carbocycles. The molecular weight excluding hydrogens is 853 g/mol. The number of aromatic hydroxyl groups is 1. The molecule has 0 radical (unpaired) electrons. The molecule has 2 aromatic heterocycles. The van der Waals surface area contributed by atoms with E-state index in [4.69, 9.17) is 37.4 Å². The summed E-state index contributed by atoms with van der Waals surface area (Å²) in [5, 5.41) is 13.3. The smallest absolute Gasteiger partial charge is 0.347 e. The van der Waals surface area contributed by atoms with Gasteiger partial charge in [-0.05, 0) is 60.4 Å². The van der Waals surface area contributed by atoms with E-state index in [1.54, 1.807) is 86.8 Å². The lowest BCUT2D eigenvalue weighted by atomic mass is 9.53. The summed E-state index contributed by atoms with van der Waals surface area (Å²) in [7, 11) is 6.09. The van der Waals surface area contributed by atoms with Crippen molar-refractivity contribution in [3.63, 3.8) is 0 Å². The number of methoxy groups -OCH3 is 3. The number of allylic oxidation sites excluding steroid dienone is 2. The third kappa shape index (κ3) is 6.25. The number of aryl methyl sites for hydroxylation is 3. The number of benzene rings is 4. The van der Waals surface area contributed by atoms with Crippen LogP contribution in [0.25, 0.3) is 11.0 Å². The molecular formula is C45H41Cl2N7O9. The van der Waals surface area contributed by atoms with Gasteiger partial charge in [0.25, 0.3) is 17.4 Å². The van der Waals surface area contributed by atoms with Crippen molar-refractivity contribution in [2.24, 2.45) is 13.0 Å². The normalized spacial score (nSPS) is 20.3. The number of hydrogen-bond donors (Lipinski definition) is 2. The SMILES string of the molecule is COc1ccc(C23C(=O)N(Nc4ccc(Cl)cc4Cl)C(=O)C2CC2C(=CCn4c(=O)n(CCc5nc6cc(OC)c(OC)cc6n(C)c5=O)c(=O)n42)C3c2cccc(C)c2O)cc1. The molecule has 4 atom stereocenters. The van der Waals surface area contributed by atoms with Crippen LogP contribution in [-0.2, 0) is 41.6 Å². The highest BCUT2D eigenvalue weighted by Gasteiger charge is 2.69. The van der Waals surface area contributed by atoms with Crippen molar-refractivity contribution in [1.29, 1.82) is 0 Å². The second kappa shape index (κ2) is 15.5. The first kappa shape index (κ1) is 41.6.